The molecule has 26 heavy (non-hydrogen) atoms. The van der Waals surface area contributed by atoms with E-state index in [9.17, 15) is 14.9 Å². The van der Waals surface area contributed by atoms with Crippen LogP contribution < -0.4 is 0 Å². The Hall–Kier alpha value is -1.53. The van der Waals surface area contributed by atoms with Gasteiger partial charge >= 0.3 is 0 Å². The minimum atomic E-state index is -1.74. The zero-order valence-electron chi connectivity index (χ0n) is 16.8. The monoisotopic (exact) mass is 379 g/mol. The van der Waals surface area contributed by atoms with Crippen LogP contribution in [0, 0.1) is 15.5 Å². The molecule has 0 bridgehead atoms. The largest absolute Gasteiger partial charge is 0.416 e. The summed E-state index contributed by atoms with van der Waals surface area (Å²) >= 11 is 0. The van der Waals surface area contributed by atoms with Gasteiger partial charge in [0.05, 0.1) is 10.3 Å². The van der Waals surface area contributed by atoms with E-state index >= 15 is 0 Å². The average Bonchev–Trinajstić information content (AvgIpc) is 2.67. The standard InChI is InChI=1S/C20H33NO4Si/c1-6-20(7-2,16-25-26(8-3,9-4)10-5)19(22)15-17-11-13-18(14-12-17)21(23)24/h11-14H,6-10,15-16H2,1-5H3. The summed E-state index contributed by atoms with van der Waals surface area (Å²) in [5.41, 5.74) is 0.391. The van der Waals surface area contributed by atoms with Gasteiger partial charge in [0.15, 0.2) is 8.32 Å². The summed E-state index contributed by atoms with van der Waals surface area (Å²) in [5.74, 6) is 0.169. The number of benzene rings is 1. The Morgan fingerprint density at radius 2 is 1.54 bits per heavy atom. The van der Waals surface area contributed by atoms with Crippen molar-refractivity contribution in [2.75, 3.05) is 6.61 Å². The molecule has 1 rings (SSSR count). The Bertz CT molecular complexity index is 584. The van der Waals surface area contributed by atoms with Crippen molar-refractivity contribution in [2.24, 2.45) is 5.41 Å². The van der Waals surface area contributed by atoms with Crippen LogP contribution in [-0.4, -0.2) is 25.6 Å². The predicted octanol–water partition coefficient (Wildman–Crippen LogP) is 5.53. The van der Waals surface area contributed by atoms with Gasteiger partial charge in [0.25, 0.3) is 5.69 Å². The lowest BCUT2D eigenvalue weighted by Crippen LogP contribution is -2.43. The van der Waals surface area contributed by atoms with E-state index in [-0.39, 0.29) is 11.5 Å². The highest BCUT2D eigenvalue weighted by atomic mass is 28.4. The van der Waals surface area contributed by atoms with Crippen LogP contribution in [0.5, 0.6) is 0 Å². The lowest BCUT2D eigenvalue weighted by molar-refractivity contribution is -0.384. The maximum absolute atomic E-state index is 13.1. The molecule has 0 radical (unpaired) electrons. The molecule has 0 saturated carbocycles. The van der Waals surface area contributed by atoms with Crippen LogP contribution in [0.2, 0.25) is 18.1 Å². The molecular formula is C20H33NO4Si. The number of nitro benzene ring substituents is 1. The van der Waals surface area contributed by atoms with E-state index in [0.29, 0.717) is 13.0 Å². The van der Waals surface area contributed by atoms with Crippen LogP contribution in [0.4, 0.5) is 5.69 Å². The highest BCUT2D eigenvalue weighted by molar-refractivity contribution is 6.73. The molecule has 146 valence electrons. The van der Waals surface area contributed by atoms with Gasteiger partial charge in [-0.15, -0.1) is 0 Å². The molecular weight excluding hydrogens is 346 g/mol. The van der Waals surface area contributed by atoms with E-state index in [2.05, 4.69) is 20.8 Å². The molecule has 6 heteroatoms. The second-order valence-corrected chi connectivity index (χ2v) is 11.8. The Kier molecular flexibility index (Phi) is 8.63. The van der Waals surface area contributed by atoms with Crippen LogP contribution in [0.25, 0.3) is 0 Å². The number of carbonyl (C=O) groups excluding carboxylic acids is 1. The van der Waals surface area contributed by atoms with Crippen molar-refractivity contribution in [3.05, 3.63) is 39.9 Å². The molecule has 0 saturated heterocycles. The normalized spacial score (nSPS) is 12.2. The van der Waals surface area contributed by atoms with Crippen molar-refractivity contribution in [2.45, 2.75) is 72.0 Å². The van der Waals surface area contributed by atoms with E-state index in [1.807, 2.05) is 13.8 Å². The summed E-state index contributed by atoms with van der Waals surface area (Å²) < 4.78 is 6.46. The Balaban J connectivity index is 2.92. The summed E-state index contributed by atoms with van der Waals surface area (Å²) in [6.07, 6.45) is 1.79. The first kappa shape index (κ1) is 22.5. The molecule has 0 aliphatic rings. The van der Waals surface area contributed by atoms with Crippen molar-refractivity contribution in [3.63, 3.8) is 0 Å². The van der Waals surface area contributed by atoms with E-state index in [1.54, 1.807) is 12.1 Å². The Labute approximate surface area is 158 Å². The summed E-state index contributed by atoms with van der Waals surface area (Å²) in [4.78, 5) is 23.5. The molecule has 5 nitrogen and oxygen atoms in total. The molecule has 0 aliphatic carbocycles. The van der Waals surface area contributed by atoms with Gasteiger partial charge in [-0.25, -0.2) is 0 Å². The number of nitro groups is 1. The van der Waals surface area contributed by atoms with Gasteiger partial charge in [-0.2, -0.15) is 0 Å². The number of hydrogen-bond acceptors (Lipinski definition) is 4. The van der Waals surface area contributed by atoms with Crippen LogP contribution in [0.15, 0.2) is 24.3 Å². The number of carbonyl (C=O) groups is 1. The van der Waals surface area contributed by atoms with Crippen molar-refractivity contribution in [1.29, 1.82) is 0 Å². The predicted molar refractivity (Wildman–Crippen MR) is 108 cm³/mol. The lowest BCUT2D eigenvalue weighted by atomic mass is 9.77. The number of Topliss-reactive ketones (excluding diaryl/α,β-unsaturated/α-hetero) is 1. The molecule has 0 fully saturated rings. The minimum absolute atomic E-state index is 0.0476. The van der Waals surface area contributed by atoms with Gasteiger partial charge < -0.3 is 4.43 Å². The van der Waals surface area contributed by atoms with Crippen LogP contribution in [-0.2, 0) is 15.6 Å². The maximum Gasteiger partial charge on any atom is 0.269 e. The summed E-state index contributed by atoms with van der Waals surface area (Å²) in [5, 5.41) is 10.8. The van der Waals surface area contributed by atoms with E-state index in [0.717, 1.165) is 36.5 Å². The number of ketones is 1. The van der Waals surface area contributed by atoms with Crippen LogP contribution >= 0.6 is 0 Å². The molecule has 0 aliphatic heterocycles. The van der Waals surface area contributed by atoms with Crippen molar-refractivity contribution in [3.8, 4) is 0 Å². The Morgan fingerprint density at radius 1 is 1.04 bits per heavy atom. The first-order chi connectivity index (χ1) is 12.3. The number of non-ortho nitro benzene ring substituents is 1. The summed E-state index contributed by atoms with van der Waals surface area (Å²) in [7, 11) is -1.74. The highest BCUT2D eigenvalue weighted by Gasteiger charge is 2.38. The summed E-state index contributed by atoms with van der Waals surface area (Å²) in [6, 6.07) is 9.48. The van der Waals surface area contributed by atoms with E-state index in [1.165, 1.54) is 12.1 Å². The van der Waals surface area contributed by atoms with Crippen LogP contribution in [0.3, 0.4) is 0 Å². The SMILES string of the molecule is CCC(CC)(CO[Si](CC)(CC)CC)C(=O)Cc1ccc([N+](=O)[O-])cc1. The Morgan fingerprint density at radius 3 is 1.92 bits per heavy atom. The van der Waals surface area contributed by atoms with Gasteiger partial charge in [0.2, 0.25) is 0 Å². The summed E-state index contributed by atoms with van der Waals surface area (Å²) in [6.45, 7) is 11.2. The van der Waals surface area contributed by atoms with Crippen LogP contribution in [0.1, 0.15) is 53.0 Å². The second kappa shape index (κ2) is 9.97. The zero-order chi connectivity index (χ0) is 19.8. The topological polar surface area (TPSA) is 69.4 Å². The second-order valence-electron chi connectivity index (χ2n) is 7.04. The number of nitrogens with zero attached hydrogens (tertiary/aromatic N) is 1. The molecule has 1 aromatic rings. The molecule has 0 amide bonds. The fraction of sp³-hybridized carbons (Fsp3) is 0.650. The fourth-order valence-corrected chi connectivity index (χ4v) is 6.08. The third-order valence-electron chi connectivity index (χ3n) is 6.04. The maximum atomic E-state index is 13.1. The van der Waals surface area contributed by atoms with Gasteiger partial charge in [0, 0.05) is 25.2 Å². The molecule has 0 spiro atoms. The lowest BCUT2D eigenvalue weighted by Gasteiger charge is -2.36. The minimum Gasteiger partial charge on any atom is -0.416 e. The fourth-order valence-electron chi connectivity index (χ4n) is 3.38. The first-order valence-electron chi connectivity index (χ1n) is 9.72. The van der Waals surface area contributed by atoms with Crippen molar-refractivity contribution in [1.82, 2.24) is 0 Å². The van der Waals surface area contributed by atoms with Crippen molar-refractivity contribution >= 4 is 19.8 Å². The third kappa shape index (κ3) is 5.24. The first-order valence-corrected chi connectivity index (χ1v) is 12.3. The number of rotatable bonds is 12. The van der Waals surface area contributed by atoms with E-state index in [4.69, 9.17) is 4.43 Å². The molecule has 0 heterocycles. The molecule has 0 unspecified atom stereocenters. The highest BCUT2D eigenvalue weighted by Crippen LogP contribution is 2.33. The van der Waals surface area contributed by atoms with Crippen molar-refractivity contribution < 1.29 is 14.1 Å². The van der Waals surface area contributed by atoms with E-state index < -0.39 is 18.7 Å². The number of hydrogen-bond donors (Lipinski definition) is 0. The molecule has 1 aromatic carbocycles. The zero-order valence-corrected chi connectivity index (χ0v) is 17.8. The average molecular weight is 380 g/mol. The molecule has 0 aromatic heterocycles. The smallest absolute Gasteiger partial charge is 0.269 e. The van der Waals surface area contributed by atoms with Gasteiger partial charge in [-0.3, -0.25) is 14.9 Å². The van der Waals surface area contributed by atoms with Gasteiger partial charge in [-0.1, -0.05) is 46.8 Å². The third-order valence-corrected chi connectivity index (χ3v) is 10.7. The molecule has 0 N–H and O–H groups in total. The quantitative estimate of drug-likeness (QED) is 0.272. The van der Waals surface area contributed by atoms with Gasteiger partial charge in [0.1, 0.15) is 5.78 Å². The van der Waals surface area contributed by atoms with Gasteiger partial charge in [-0.05, 0) is 36.5 Å². The molecule has 0 atom stereocenters.